The van der Waals surface area contributed by atoms with E-state index in [1.54, 1.807) is 14.3 Å². The number of anilines is 2. The van der Waals surface area contributed by atoms with Gasteiger partial charge in [-0.1, -0.05) is 26.8 Å². The molecule has 4 heterocycles. The van der Waals surface area contributed by atoms with E-state index < -0.39 is 0 Å². The molecule has 0 saturated carbocycles. The molecule has 0 radical (unpaired) electrons. The second-order valence-electron chi connectivity index (χ2n) is 9.14. The Morgan fingerprint density at radius 1 is 1.06 bits per heavy atom. The normalized spacial score (nSPS) is 24.4. The van der Waals surface area contributed by atoms with Gasteiger partial charge in [-0.25, -0.2) is 0 Å². The van der Waals surface area contributed by atoms with E-state index in [0.29, 0.717) is 12.1 Å². The third-order valence-corrected chi connectivity index (χ3v) is 10.3. The van der Waals surface area contributed by atoms with Crippen LogP contribution in [0.2, 0.25) is 0 Å². The van der Waals surface area contributed by atoms with E-state index in [4.69, 9.17) is 9.72 Å². The molecule has 2 atom stereocenters. The van der Waals surface area contributed by atoms with Crippen LogP contribution in [0.3, 0.4) is 0 Å². The van der Waals surface area contributed by atoms with Crippen molar-refractivity contribution in [2.75, 3.05) is 57.6 Å². The third kappa shape index (κ3) is 4.03. The molecule has 32 heavy (non-hydrogen) atoms. The molecule has 0 bridgehead atoms. The van der Waals surface area contributed by atoms with Gasteiger partial charge in [0.15, 0.2) is 0 Å². The maximum atomic E-state index is 5.58. The van der Waals surface area contributed by atoms with Crippen LogP contribution in [0.5, 0.6) is 5.75 Å². The lowest BCUT2D eigenvalue weighted by molar-refractivity contribution is 0.151. The van der Waals surface area contributed by atoms with Crippen LogP contribution in [-0.2, 0) is 0 Å². The Labute approximate surface area is 201 Å². The van der Waals surface area contributed by atoms with Gasteiger partial charge in [-0.3, -0.25) is 9.88 Å². The Morgan fingerprint density at radius 3 is 2.62 bits per heavy atom. The average molecular weight is 547 g/mol. The van der Waals surface area contributed by atoms with Gasteiger partial charge in [-0.05, 0) is 58.5 Å². The van der Waals surface area contributed by atoms with Crippen molar-refractivity contribution in [3.63, 3.8) is 0 Å². The van der Waals surface area contributed by atoms with E-state index in [0.717, 1.165) is 38.3 Å². The molecule has 3 aliphatic rings. The Hall–Kier alpha value is -1.71. The first-order valence-electron chi connectivity index (χ1n) is 11.6. The minimum Gasteiger partial charge on any atom is -0.496 e. The molecule has 1 aromatic heterocycles. The molecule has 1 aromatic carbocycles. The van der Waals surface area contributed by atoms with Crippen LogP contribution in [0, 0.1) is 10.5 Å². The summed E-state index contributed by atoms with van der Waals surface area (Å²) in [6.45, 7) is 6.62. The van der Waals surface area contributed by atoms with Crippen LogP contribution in [0.25, 0.3) is 0 Å². The van der Waals surface area contributed by atoms with Crippen LogP contribution in [-0.4, -0.2) is 71.8 Å². The molecule has 2 aromatic rings. The number of aromatic nitrogens is 1. The number of benzene rings is 1. The molecule has 1 N–H and O–H groups in total. The summed E-state index contributed by atoms with van der Waals surface area (Å²) in [5.41, 5.74) is 5.12. The van der Waals surface area contributed by atoms with Crippen molar-refractivity contribution >= 4 is 35.7 Å². The van der Waals surface area contributed by atoms with Gasteiger partial charge in [-0.15, -0.1) is 0 Å². The number of halogens is 1. The molecule has 0 unspecified atom stereocenters. The summed E-state index contributed by atoms with van der Waals surface area (Å²) >= 11 is -0.170. The molecule has 2 fully saturated rings. The maximum absolute atomic E-state index is 5.58. The molecule has 7 heteroatoms. The van der Waals surface area contributed by atoms with Crippen LogP contribution in [0.1, 0.15) is 36.6 Å². The molecule has 2 saturated heterocycles. The summed E-state index contributed by atoms with van der Waals surface area (Å²) in [7, 11) is 6.26. The van der Waals surface area contributed by atoms with Crippen LogP contribution in [0.15, 0.2) is 30.5 Å². The number of methoxy groups -OCH3 is 1. The average Bonchev–Trinajstić information content (AvgIpc) is 3.24. The first-order valence-corrected chi connectivity index (χ1v) is 13.8. The summed E-state index contributed by atoms with van der Waals surface area (Å²) in [6.07, 6.45) is 5.49. The fraction of sp³-hybridized carbons (Fsp3) is 0.520. The zero-order valence-electron chi connectivity index (χ0n) is 19.6. The van der Waals surface area contributed by atoms with Gasteiger partial charge in [0.2, 0.25) is 0 Å². The highest BCUT2D eigenvalue weighted by Gasteiger charge is 2.35. The molecule has 172 valence electrons. The number of rotatable bonds is 4. The number of ether oxygens (including phenoxy) is 1. The minimum atomic E-state index is -0.170. The summed E-state index contributed by atoms with van der Waals surface area (Å²) in [4.78, 5) is 12.3. The predicted octanol–water partition coefficient (Wildman–Crippen LogP) is 4.07. The lowest BCUT2D eigenvalue weighted by atomic mass is 9.92. The Kier molecular flexibility index (Phi) is 6.40. The number of nitrogens with zero attached hydrogens (tertiary/aromatic N) is 4. The van der Waals surface area contributed by atoms with Gasteiger partial charge in [0, 0.05) is 41.5 Å². The Bertz CT molecular complexity index is 1020. The van der Waals surface area contributed by atoms with E-state index in [2.05, 4.69) is 59.2 Å². The van der Waals surface area contributed by atoms with Crippen LogP contribution < -0.4 is 15.0 Å². The molecule has 6 nitrogen and oxygen atoms in total. The minimum absolute atomic E-state index is 0.170. The molecule has 0 amide bonds. The van der Waals surface area contributed by atoms with Crippen molar-refractivity contribution in [3.05, 3.63) is 45.3 Å². The fourth-order valence-corrected chi connectivity index (χ4v) is 8.49. The van der Waals surface area contributed by atoms with Gasteiger partial charge < -0.3 is 19.9 Å². The summed E-state index contributed by atoms with van der Waals surface area (Å²) in [6, 6.07) is 9.67. The van der Waals surface area contributed by atoms with Crippen molar-refractivity contribution in [1.29, 1.82) is 0 Å². The van der Waals surface area contributed by atoms with E-state index in [1.807, 2.05) is 12.3 Å². The second-order valence-corrected chi connectivity index (χ2v) is 12.0. The van der Waals surface area contributed by atoms with E-state index in [9.17, 15) is 0 Å². The standard InChI is InChI=1S/C25H34IN5O/c1-17-22(32-4)11-12-27-23(17)19-8-6-10-21(30(19)3)25-26-18-7-5-9-20(24(18)28-25)31-15-13-29(2)14-16-31/h5,7,9,11-12,19,21,28H,6,8,10,13-16H2,1-4H3/t19-,21+/m0/s1. The summed E-state index contributed by atoms with van der Waals surface area (Å²) < 4.78 is 8.67. The van der Waals surface area contributed by atoms with E-state index in [1.165, 1.54) is 35.5 Å². The van der Waals surface area contributed by atoms with Gasteiger partial charge in [0.25, 0.3) is 0 Å². The topological polar surface area (TPSA) is 43.9 Å². The first-order chi connectivity index (χ1) is 15.6. The zero-order valence-corrected chi connectivity index (χ0v) is 21.7. The summed E-state index contributed by atoms with van der Waals surface area (Å²) in [5, 5.41) is 3.94. The SMILES string of the molecule is COc1ccnc([C@@H]2CCC[C@H](C3=Ic4cccc(N5CCN(C)CC5)c4N3)N2C)c1C. The summed E-state index contributed by atoms with van der Waals surface area (Å²) in [5.74, 6) is 0.939. The molecule has 5 rings (SSSR count). The van der Waals surface area contributed by atoms with E-state index in [-0.39, 0.29) is 20.7 Å². The van der Waals surface area contributed by atoms with Crippen molar-refractivity contribution < 1.29 is 4.74 Å². The molecular formula is C25H34IN5O. The number of piperazine rings is 1. The van der Waals surface area contributed by atoms with Crippen LogP contribution in [0.4, 0.5) is 11.4 Å². The number of hydrogen-bond acceptors (Lipinski definition) is 6. The lowest BCUT2D eigenvalue weighted by Crippen LogP contribution is -2.46. The Morgan fingerprint density at radius 2 is 1.84 bits per heavy atom. The molecule has 3 aliphatic heterocycles. The zero-order chi connectivity index (χ0) is 22.2. The molecular weight excluding hydrogens is 513 g/mol. The van der Waals surface area contributed by atoms with E-state index >= 15 is 0 Å². The number of nitrogens with one attached hydrogen (secondary N) is 1. The van der Waals surface area contributed by atoms with Crippen molar-refractivity contribution in [3.8, 4) is 5.75 Å². The van der Waals surface area contributed by atoms with Gasteiger partial charge in [0.05, 0.1) is 39.9 Å². The predicted molar refractivity (Wildman–Crippen MR) is 141 cm³/mol. The highest BCUT2D eigenvalue weighted by molar-refractivity contribution is 14.2. The number of para-hydroxylation sites is 1. The fourth-order valence-electron chi connectivity index (χ4n) is 5.28. The third-order valence-electron chi connectivity index (χ3n) is 7.24. The number of pyridine rings is 1. The van der Waals surface area contributed by atoms with Gasteiger partial charge in [-0.2, -0.15) is 0 Å². The monoisotopic (exact) mass is 547 g/mol. The van der Waals surface area contributed by atoms with Crippen molar-refractivity contribution in [2.45, 2.75) is 38.3 Å². The van der Waals surface area contributed by atoms with Crippen molar-refractivity contribution in [2.24, 2.45) is 0 Å². The second kappa shape index (κ2) is 9.27. The number of likely N-dealkylation sites (N-methyl/N-ethyl adjacent to an activating group) is 2. The molecule has 0 aliphatic carbocycles. The quantitative estimate of drug-likeness (QED) is 0.583. The highest BCUT2D eigenvalue weighted by atomic mass is 127. The number of piperidine rings is 1. The van der Waals surface area contributed by atoms with Crippen molar-refractivity contribution in [1.82, 2.24) is 14.8 Å². The number of hydrogen-bond donors (Lipinski definition) is 1. The lowest BCUT2D eigenvalue weighted by Gasteiger charge is -2.40. The maximum Gasteiger partial charge on any atom is 0.125 e. The number of fused-ring (bicyclic) bond motifs is 1. The van der Waals surface area contributed by atoms with Gasteiger partial charge in [0.1, 0.15) is 5.75 Å². The Balaban J connectivity index is 1.38. The van der Waals surface area contributed by atoms with Gasteiger partial charge >= 0.3 is 0 Å². The number of likely N-dealkylation sites (tertiary alicyclic amines) is 1. The highest BCUT2D eigenvalue weighted by Crippen LogP contribution is 2.42. The first kappa shape index (κ1) is 22.1. The largest absolute Gasteiger partial charge is 0.496 e. The molecule has 0 spiro atoms. The smallest absolute Gasteiger partial charge is 0.125 e. The van der Waals surface area contributed by atoms with Crippen LogP contribution >= 0.6 is 20.7 Å².